The lowest BCUT2D eigenvalue weighted by Gasteiger charge is -2.15. The summed E-state index contributed by atoms with van der Waals surface area (Å²) >= 11 is 0. The third kappa shape index (κ3) is 3.46. The monoisotopic (exact) mass is 291 g/mol. The van der Waals surface area contributed by atoms with Gasteiger partial charge in [-0.15, -0.1) is 0 Å². The molecule has 0 amide bonds. The van der Waals surface area contributed by atoms with Gasteiger partial charge in [-0.05, 0) is 23.9 Å². The van der Waals surface area contributed by atoms with Gasteiger partial charge in [-0.1, -0.05) is 66.7 Å². The molecule has 0 heterocycles. The molecule has 2 heteroatoms. The van der Waals surface area contributed by atoms with Gasteiger partial charge in [0.2, 0.25) is 0 Å². The molecular weight excluding hydrogens is 270 g/mol. The average Bonchev–Trinajstić information content (AvgIpc) is 2.59. The van der Waals surface area contributed by atoms with Gasteiger partial charge in [0.1, 0.15) is 12.4 Å². The molecule has 0 unspecified atom stereocenters. The normalized spacial score (nSPS) is 12.2. The molecule has 0 aliphatic carbocycles. The highest BCUT2D eigenvalue weighted by Gasteiger charge is 2.04. The smallest absolute Gasteiger partial charge is 0.127 e. The van der Waals surface area contributed by atoms with Crippen molar-refractivity contribution in [3.63, 3.8) is 0 Å². The topological polar surface area (TPSA) is 21.3 Å². The van der Waals surface area contributed by atoms with Crippen molar-refractivity contribution >= 4 is 10.8 Å². The molecule has 0 aliphatic heterocycles. The van der Waals surface area contributed by atoms with Gasteiger partial charge >= 0.3 is 0 Å². The van der Waals surface area contributed by atoms with Crippen LogP contribution in [0.3, 0.4) is 0 Å². The van der Waals surface area contributed by atoms with E-state index >= 15 is 0 Å². The van der Waals surface area contributed by atoms with Crippen LogP contribution in [0.2, 0.25) is 0 Å². The van der Waals surface area contributed by atoms with Crippen LogP contribution < -0.4 is 10.1 Å². The lowest BCUT2D eigenvalue weighted by Crippen LogP contribution is -2.24. The Morgan fingerprint density at radius 3 is 2.45 bits per heavy atom. The van der Waals surface area contributed by atoms with Crippen LogP contribution in [0.4, 0.5) is 0 Å². The SMILES string of the molecule is C[C@@H](NCCOc1cccc2ccccc12)c1ccccc1. The van der Waals surface area contributed by atoms with Crippen molar-refractivity contribution in [1.82, 2.24) is 5.32 Å². The standard InChI is InChI=1S/C20H21NO/c1-16(17-8-3-2-4-9-17)21-14-15-22-20-13-7-11-18-10-5-6-12-19(18)20/h2-13,16,21H,14-15H2,1H3/t16-/m1/s1. The molecule has 0 spiro atoms. The summed E-state index contributed by atoms with van der Waals surface area (Å²) in [4.78, 5) is 0. The summed E-state index contributed by atoms with van der Waals surface area (Å²) in [6, 6.07) is 25.3. The van der Waals surface area contributed by atoms with E-state index in [1.807, 2.05) is 24.3 Å². The molecule has 0 saturated heterocycles. The maximum Gasteiger partial charge on any atom is 0.127 e. The number of ether oxygens (including phenoxy) is 1. The summed E-state index contributed by atoms with van der Waals surface area (Å²) in [5.41, 5.74) is 1.30. The minimum absolute atomic E-state index is 0.331. The number of rotatable bonds is 6. The fourth-order valence-electron chi connectivity index (χ4n) is 2.62. The van der Waals surface area contributed by atoms with Crippen molar-refractivity contribution in [3.05, 3.63) is 78.4 Å². The molecule has 2 nitrogen and oxygen atoms in total. The first-order valence-electron chi connectivity index (χ1n) is 7.73. The summed E-state index contributed by atoms with van der Waals surface area (Å²) in [5.74, 6) is 0.951. The molecule has 0 aromatic heterocycles. The zero-order chi connectivity index (χ0) is 15.2. The maximum atomic E-state index is 5.94. The summed E-state index contributed by atoms with van der Waals surface area (Å²) in [6.07, 6.45) is 0. The summed E-state index contributed by atoms with van der Waals surface area (Å²) in [7, 11) is 0. The number of fused-ring (bicyclic) bond motifs is 1. The van der Waals surface area contributed by atoms with Crippen molar-refractivity contribution in [1.29, 1.82) is 0 Å². The van der Waals surface area contributed by atoms with E-state index in [1.54, 1.807) is 0 Å². The summed E-state index contributed by atoms with van der Waals surface area (Å²) < 4.78 is 5.94. The predicted molar refractivity (Wildman–Crippen MR) is 92.3 cm³/mol. The molecule has 22 heavy (non-hydrogen) atoms. The van der Waals surface area contributed by atoms with Gasteiger partial charge in [0.05, 0.1) is 0 Å². The van der Waals surface area contributed by atoms with E-state index in [-0.39, 0.29) is 0 Å². The van der Waals surface area contributed by atoms with Crippen LogP contribution in [-0.4, -0.2) is 13.2 Å². The van der Waals surface area contributed by atoms with Crippen molar-refractivity contribution in [2.24, 2.45) is 0 Å². The molecule has 0 radical (unpaired) electrons. The Kier molecular flexibility index (Phi) is 4.71. The van der Waals surface area contributed by atoms with Crippen LogP contribution in [0.1, 0.15) is 18.5 Å². The third-order valence-corrected chi connectivity index (χ3v) is 3.86. The lowest BCUT2D eigenvalue weighted by molar-refractivity contribution is 0.311. The second-order valence-electron chi connectivity index (χ2n) is 5.41. The molecule has 112 valence electrons. The molecule has 0 fully saturated rings. The molecule has 3 aromatic rings. The molecule has 1 N–H and O–H groups in total. The second-order valence-corrected chi connectivity index (χ2v) is 5.41. The van der Waals surface area contributed by atoms with Crippen LogP contribution in [0.5, 0.6) is 5.75 Å². The van der Waals surface area contributed by atoms with E-state index in [4.69, 9.17) is 4.74 Å². The van der Waals surface area contributed by atoms with Crippen LogP contribution >= 0.6 is 0 Å². The minimum Gasteiger partial charge on any atom is -0.492 e. The predicted octanol–water partition coefficient (Wildman–Crippen LogP) is 4.57. The molecule has 0 saturated carbocycles. The second kappa shape index (κ2) is 7.10. The highest BCUT2D eigenvalue weighted by atomic mass is 16.5. The number of hydrogen-bond donors (Lipinski definition) is 1. The first-order valence-corrected chi connectivity index (χ1v) is 7.73. The number of hydrogen-bond acceptors (Lipinski definition) is 2. The van der Waals surface area contributed by atoms with Gasteiger partial charge < -0.3 is 10.1 Å². The molecular formula is C20H21NO. The molecule has 3 rings (SSSR count). The Morgan fingerprint density at radius 1 is 0.864 bits per heavy atom. The first kappa shape index (κ1) is 14.6. The van der Waals surface area contributed by atoms with Crippen LogP contribution in [0, 0.1) is 0 Å². The van der Waals surface area contributed by atoms with E-state index in [0.29, 0.717) is 12.6 Å². The van der Waals surface area contributed by atoms with Gasteiger partial charge in [0.15, 0.2) is 0 Å². The van der Waals surface area contributed by atoms with Crippen LogP contribution in [0.25, 0.3) is 10.8 Å². The van der Waals surface area contributed by atoms with Crippen LogP contribution in [0.15, 0.2) is 72.8 Å². The maximum absolute atomic E-state index is 5.94. The van der Waals surface area contributed by atoms with Crippen molar-refractivity contribution in [2.45, 2.75) is 13.0 Å². The zero-order valence-corrected chi connectivity index (χ0v) is 12.8. The van der Waals surface area contributed by atoms with E-state index in [2.05, 4.69) is 60.8 Å². The Morgan fingerprint density at radius 2 is 1.59 bits per heavy atom. The summed E-state index contributed by atoms with van der Waals surface area (Å²) in [6.45, 7) is 3.65. The van der Waals surface area contributed by atoms with Crippen molar-refractivity contribution < 1.29 is 4.74 Å². The fraction of sp³-hybridized carbons (Fsp3) is 0.200. The van der Waals surface area contributed by atoms with Gasteiger partial charge in [0, 0.05) is 18.0 Å². The number of nitrogens with one attached hydrogen (secondary N) is 1. The van der Waals surface area contributed by atoms with Crippen molar-refractivity contribution in [2.75, 3.05) is 13.2 Å². The van der Waals surface area contributed by atoms with Gasteiger partial charge in [0.25, 0.3) is 0 Å². The van der Waals surface area contributed by atoms with E-state index in [9.17, 15) is 0 Å². The Labute approximate surface area is 131 Å². The summed E-state index contributed by atoms with van der Waals surface area (Å²) in [5, 5.41) is 5.87. The molecule has 0 bridgehead atoms. The minimum atomic E-state index is 0.331. The zero-order valence-electron chi connectivity index (χ0n) is 12.8. The van der Waals surface area contributed by atoms with E-state index < -0.39 is 0 Å². The Hall–Kier alpha value is -2.32. The Bertz CT molecular complexity index is 719. The van der Waals surface area contributed by atoms with Crippen LogP contribution in [-0.2, 0) is 0 Å². The van der Waals surface area contributed by atoms with E-state index in [1.165, 1.54) is 16.3 Å². The highest BCUT2D eigenvalue weighted by Crippen LogP contribution is 2.24. The quantitative estimate of drug-likeness (QED) is 0.672. The fourth-order valence-corrected chi connectivity index (χ4v) is 2.62. The average molecular weight is 291 g/mol. The van der Waals surface area contributed by atoms with Gasteiger partial charge in [-0.2, -0.15) is 0 Å². The van der Waals surface area contributed by atoms with Crippen molar-refractivity contribution in [3.8, 4) is 5.75 Å². The first-order chi connectivity index (χ1) is 10.8. The van der Waals surface area contributed by atoms with Gasteiger partial charge in [-0.3, -0.25) is 0 Å². The van der Waals surface area contributed by atoms with Gasteiger partial charge in [-0.25, -0.2) is 0 Å². The number of benzene rings is 3. The third-order valence-electron chi connectivity index (χ3n) is 3.86. The largest absolute Gasteiger partial charge is 0.492 e. The van der Waals surface area contributed by atoms with E-state index in [0.717, 1.165) is 12.3 Å². The Balaban J connectivity index is 1.55. The molecule has 1 atom stereocenters. The molecule has 3 aromatic carbocycles. The molecule has 0 aliphatic rings. The highest BCUT2D eigenvalue weighted by molar-refractivity contribution is 5.88. The lowest BCUT2D eigenvalue weighted by atomic mass is 10.1.